The number of hydrogen-bond acceptors (Lipinski definition) is 0. The Morgan fingerprint density at radius 1 is 1.45 bits per heavy atom. The lowest BCUT2D eigenvalue weighted by Gasteiger charge is -1.97. The molecule has 2 heteroatoms. The van der Waals surface area contributed by atoms with Crippen LogP contribution in [0.1, 0.15) is 27.2 Å². The standard InChI is InChI=1S/C9H14Cl2/c1-4-6-7(5-8(10)11)9(6,2)3/h5-7H,4H2,1-3H3/t6-,7+/m1/s1. The molecule has 1 fully saturated rings. The van der Waals surface area contributed by atoms with Crippen molar-refractivity contribution in [1.29, 1.82) is 0 Å². The summed E-state index contributed by atoms with van der Waals surface area (Å²) in [5.41, 5.74) is 0.420. The second-order valence-electron chi connectivity index (χ2n) is 3.82. The van der Waals surface area contributed by atoms with Crippen molar-refractivity contribution in [1.82, 2.24) is 0 Å². The first-order valence-corrected chi connectivity index (χ1v) is 4.78. The fourth-order valence-corrected chi connectivity index (χ4v) is 2.30. The number of allylic oxidation sites excluding steroid dienone is 1. The minimum atomic E-state index is 0.416. The predicted octanol–water partition coefficient (Wildman–Crippen LogP) is 3.99. The highest BCUT2D eigenvalue weighted by Gasteiger charge is 2.54. The first-order valence-electron chi connectivity index (χ1n) is 4.03. The van der Waals surface area contributed by atoms with E-state index in [2.05, 4.69) is 20.8 Å². The molecule has 0 aromatic carbocycles. The minimum absolute atomic E-state index is 0.416. The molecule has 2 atom stereocenters. The molecule has 0 radical (unpaired) electrons. The van der Waals surface area contributed by atoms with Gasteiger partial charge in [0.1, 0.15) is 4.49 Å². The zero-order valence-corrected chi connectivity index (χ0v) is 8.71. The zero-order valence-electron chi connectivity index (χ0n) is 7.20. The van der Waals surface area contributed by atoms with Crippen molar-refractivity contribution >= 4 is 23.2 Å². The molecule has 0 amide bonds. The lowest BCUT2D eigenvalue weighted by atomic mass is 10.1. The van der Waals surface area contributed by atoms with Gasteiger partial charge in [-0.05, 0) is 17.3 Å². The monoisotopic (exact) mass is 192 g/mol. The molecule has 11 heavy (non-hydrogen) atoms. The summed E-state index contributed by atoms with van der Waals surface area (Å²) in [5, 5.41) is 0. The van der Waals surface area contributed by atoms with E-state index in [4.69, 9.17) is 23.2 Å². The highest BCUT2D eigenvalue weighted by molar-refractivity contribution is 6.55. The molecule has 64 valence electrons. The van der Waals surface area contributed by atoms with Gasteiger partial charge in [-0.2, -0.15) is 0 Å². The van der Waals surface area contributed by atoms with Crippen molar-refractivity contribution in [2.75, 3.05) is 0 Å². The van der Waals surface area contributed by atoms with Crippen molar-refractivity contribution in [2.45, 2.75) is 27.2 Å². The van der Waals surface area contributed by atoms with Crippen LogP contribution in [0.25, 0.3) is 0 Å². The highest BCUT2D eigenvalue weighted by Crippen LogP contribution is 2.61. The average molecular weight is 193 g/mol. The average Bonchev–Trinajstić information content (AvgIpc) is 2.33. The Kier molecular flexibility index (Phi) is 2.56. The van der Waals surface area contributed by atoms with Crippen LogP contribution in [-0.2, 0) is 0 Å². The van der Waals surface area contributed by atoms with E-state index < -0.39 is 0 Å². The molecule has 0 aromatic rings. The molecule has 0 spiro atoms. The van der Waals surface area contributed by atoms with Crippen LogP contribution in [0.4, 0.5) is 0 Å². The van der Waals surface area contributed by atoms with E-state index in [1.54, 1.807) is 0 Å². The molecule has 0 N–H and O–H groups in total. The van der Waals surface area contributed by atoms with E-state index >= 15 is 0 Å². The SMILES string of the molecule is CC[C@@H]1[C@H](C=C(Cl)Cl)C1(C)C. The Morgan fingerprint density at radius 2 is 2.00 bits per heavy atom. The highest BCUT2D eigenvalue weighted by atomic mass is 35.5. The molecule has 0 heterocycles. The van der Waals surface area contributed by atoms with Crippen LogP contribution in [0.15, 0.2) is 10.6 Å². The van der Waals surface area contributed by atoms with E-state index in [0.717, 1.165) is 5.92 Å². The van der Waals surface area contributed by atoms with Crippen LogP contribution in [-0.4, -0.2) is 0 Å². The lowest BCUT2D eigenvalue weighted by Crippen LogP contribution is -1.88. The predicted molar refractivity (Wildman–Crippen MR) is 50.8 cm³/mol. The number of hydrogen-bond donors (Lipinski definition) is 0. The van der Waals surface area contributed by atoms with Crippen LogP contribution >= 0.6 is 23.2 Å². The van der Waals surface area contributed by atoms with Gasteiger partial charge in [0.05, 0.1) is 0 Å². The molecule has 0 bridgehead atoms. The quantitative estimate of drug-likeness (QED) is 0.622. The van der Waals surface area contributed by atoms with Crippen LogP contribution in [0.2, 0.25) is 0 Å². The minimum Gasteiger partial charge on any atom is -0.0712 e. The van der Waals surface area contributed by atoms with E-state index in [1.165, 1.54) is 6.42 Å². The molecule has 1 saturated carbocycles. The summed E-state index contributed by atoms with van der Waals surface area (Å²) in [6.07, 6.45) is 3.19. The van der Waals surface area contributed by atoms with Gasteiger partial charge in [-0.25, -0.2) is 0 Å². The van der Waals surface area contributed by atoms with Gasteiger partial charge in [-0.15, -0.1) is 0 Å². The van der Waals surface area contributed by atoms with Gasteiger partial charge in [-0.1, -0.05) is 56.5 Å². The molecule has 1 aliphatic carbocycles. The Bertz CT molecular complexity index is 178. The van der Waals surface area contributed by atoms with E-state index in [1.807, 2.05) is 6.08 Å². The fourth-order valence-electron chi connectivity index (χ4n) is 2.03. The Hall–Kier alpha value is 0.320. The van der Waals surface area contributed by atoms with Crippen molar-refractivity contribution in [2.24, 2.45) is 17.3 Å². The maximum absolute atomic E-state index is 5.59. The Morgan fingerprint density at radius 3 is 2.27 bits per heavy atom. The van der Waals surface area contributed by atoms with Crippen molar-refractivity contribution in [3.63, 3.8) is 0 Å². The Balaban J connectivity index is 2.59. The van der Waals surface area contributed by atoms with Crippen LogP contribution < -0.4 is 0 Å². The molecule has 0 aromatic heterocycles. The second kappa shape index (κ2) is 2.99. The van der Waals surface area contributed by atoms with Crippen LogP contribution in [0.5, 0.6) is 0 Å². The fraction of sp³-hybridized carbons (Fsp3) is 0.778. The summed E-state index contributed by atoms with van der Waals surface area (Å²) in [7, 11) is 0. The Labute approximate surface area is 78.6 Å². The van der Waals surface area contributed by atoms with Gasteiger partial charge < -0.3 is 0 Å². The maximum atomic E-state index is 5.59. The molecular formula is C9H14Cl2. The largest absolute Gasteiger partial charge is 0.103 e. The second-order valence-corrected chi connectivity index (χ2v) is 4.83. The first kappa shape index (κ1) is 9.41. The molecule has 1 aliphatic rings. The molecular weight excluding hydrogens is 179 g/mol. The summed E-state index contributed by atoms with van der Waals surface area (Å²) in [4.78, 5) is 0. The van der Waals surface area contributed by atoms with Gasteiger partial charge in [0.25, 0.3) is 0 Å². The molecule has 1 rings (SSSR count). The summed E-state index contributed by atoms with van der Waals surface area (Å²) < 4.78 is 0.416. The van der Waals surface area contributed by atoms with E-state index in [-0.39, 0.29) is 0 Å². The molecule has 0 unspecified atom stereocenters. The summed E-state index contributed by atoms with van der Waals surface area (Å²) >= 11 is 11.2. The first-order chi connectivity index (χ1) is 5.00. The van der Waals surface area contributed by atoms with Crippen LogP contribution in [0, 0.1) is 17.3 Å². The van der Waals surface area contributed by atoms with Gasteiger partial charge in [0, 0.05) is 0 Å². The lowest BCUT2D eigenvalue weighted by molar-refractivity contribution is 0.543. The third-order valence-electron chi connectivity index (χ3n) is 2.88. The smallest absolute Gasteiger partial charge is 0.0712 e. The van der Waals surface area contributed by atoms with Gasteiger partial charge >= 0.3 is 0 Å². The maximum Gasteiger partial charge on any atom is 0.103 e. The zero-order chi connectivity index (χ0) is 8.65. The normalized spacial score (nSPS) is 33.2. The van der Waals surface area contributed by atoms with Crippen LogP contribution in [0.3, 0.4) is 0 Å². The van der Waals surface area contributed by atoms with Gasteiger partial charge in [0.15, 0.2) is 0 Å². The summed E-state index contributed by atoms with van der Waals surface area (Å²) in [6, 6.07) is 0. The van der Waals surface area contributed by atoms with Crippen molar-refractivity contribution in [3.8, 4) is 0 Å². The topological polar surface area (TPSA) is 0 Å². The van der Waals surface area contributed by atoms with Crippen molar-refractivity contribution in [3.05, 3.63) is 10.6 Å². The summed E-state index contributed by atoms with van der Waals surface area (Å²) in [5.74, 6) is 1.37. The third kappa shape index (κ3) is 1.73. The molecule has 0 saturated heterocycles. The summed E-state index contributed by atoms with van der Waals surface area (Å²) in [6.45, 7) is 6.74. The van der Waals surface area contributed by atoms with Gasteiger partial charge in [-0.3, -0.25) is 0 Å². The molecule has 0 nitrogen and oxygen atoms in total. The number of rotatable bonds is 2. The van der Waals surface area contributed by atoms with E-state index in [9.17, 15) is 0 Å². The van der Waals surface area contributed by atoms with E-state index in [0.29, 0.717) is 15.8 Å². The third-order valence-corrected chi connectivity index (χ3v) is 3.14. The van der Waals surface area contributed by atoms with Gasteiger partial charge in [0.2, 0.25) is 0 Å². The van der Waals surface area contributed by atoms with Crippen molar-refractivity contribution < 1.29 is 0 Å². The number of halogens is 2. The molecule has 0 aliphatic heterocycles.